The first-order chi connectivity index (χ1) is 10.4. The number of nitrogens with zero attached hydrogens (tertiary/aromatic N) is 1. The van der Waals surface area contributed by atoms with Crippen molar-refractivity contribution < 1.29 is 23.1 Å². The van der Waals surface area contributed by atoms with Crippen LogP contribution in [0.25, 0.3) is 0 Å². The van der Waals surface area contributed by atoms with E-state index in [2.05, 4.69) is 11.7 Å². The SMILES string of the molecule is C=N[C@H](C(=O)O)[C@H](c1cccc(F)c1)c1ccc(F)c(F)c1. The molecule has 0 amide bonds. The van der Waals surface area contributed by atoms with Gasteiger partial charge in [0.25, 0.3) is 0 Å². The molecule has 2 aromatic rings. The van der Waals surface area contributed by atoms with E-state index in [4.69, 9.17) is 0 Å². The molecule has 2 aromatic carbocycles. The molecule has 2 rings (SSSR count). The molecule has 2 atom stereocenters. The summed E-state index contributed by atoms with van der Waals surface area (Å²) in [4.78, 5) is 14.9. The van der Waals surface area contributed by atoms with E-state index in [9.17, 15) is 23.1 Å². The number of rotatable bonds is 5. The summed E-state index contributed by atoms with van der Waals surface area (Å²) in [5.41, 5.74) is 0.454. The number of benzene rings is 2. The van der Waals surface area contributed by atoms with Gasteiger partial charge in [-0.25, -0.2) is 18.0 Å². The van der Waals surface area contributed by atoms with E-state index in [-0.39, 0.29) is 11.1 Å². The normalized spacial score (nSPS) is 13.4. The summed E-state index contributed by atoms with van der Waals surface area (Å²) in [5, 5.41) is 9.26. The second-order valence-electron chi connectivity index (χ2n) is 4.67. The van der Waals surface area contributed by atoms with Crippen LogP contribution in [0, 0.1) is 17.5 Å². The Morgan fingerprint density at radius 2 is 1.73 bits per heavy atom. The zero-order valence-electron chi connectivity index (χ0n) is 11.3. The minimum absolute atomic E-state index is 0.171. The molecule has 0 aliphatic rings. The van der Waals surface area contributed by atoms with Crippen molar-refractivity contribution in [3.63, 3.8) is 0 Å². The number of carboxylic acids is 1. The lowest BCUT2D eigenvalue weighted by atomic mass is 9.85. The molecule has 0 spiro atoms. The fourth-order valence-electron chi connectivity index (χ4n) is 2.29. The third kappa shape index (κ3) is 3.16. The molecule has 3 nitrogen and oxygen atoms in total. The number of hydrogen-bond acceptors (Lipinski definition) is 2. The maximum absolute atomic E-state index is 13.5. The fourth-order valence-corrected chi connectivity index (χ4v) is 2.29. The van der Waals surface area contributed by atoms with Gasteiger partial charge < -0.3 is 5.11 Å². The van der Waals surface area contributed by atoms with Crippen molar-refractivity contribution in [2.24, 2.45) is 4.99 Å². The highest BCUT2D eigenvalue weighted by atomic mass is 19.2. The summed E-state index contributed by atoms with van der Waals surface area (Å²) < 4.78 is 40.0. The summed E-state index contributed by atoms with van der Waals surface area (Å²) in [7, 11) is 0. The first-order valence-electron chi connectivity index (χ1n) is 6.33. The van der Waals surface area contributed by atoms with E-state index in [1.807, 2.05) is 0 Å². The lowest BCUT2D eigenvalue weighted by molar-refractivity contribution is -0.138. The Hall–Kier alpha value is -2.63. The molecule has 0 aliphatic heterocycles. The van der Waals surface area contributed by atoms with E-state index in [0.717, 1.165) is 18.2 Å². The molecule has 0 unspecified atom stereocenters. The highest BCUT2D eigenvalue weighted by molar-refractivity contribution is 5.77. The van der Waals surface area contributed by atoms with Crippen LogP contribution in [0.4, 0.5) is 13.2 Å². The third-order valence-electron chi connectivity index (χ3n) is 3.28. The van der Waals surface area contributed by atoms with Gasteiger partial charge in [-0.05, 0) is 42.1 Å². The second-order valence-corrected chi connectivity index (χ2v) is 4.67. The topological polar surface area (TPSA) is 49.7 Å². The Balaban J connectivity index is 2.61. The predicted molar refractivity (Wildman–Crippen MR) is 75.6 cm³/mol. The highest BCUT2D eigenvalue weighted by Gasteiger charge is 2.30. The lowest BCUT2D eigenvalue weighted by Gasteiger charge is -2.22. The van der Waals surface area contributed by atoms with Gasteiger partial charge in [-0.3, -0.25) is 4.99 Å². The molecule has 0 aromatic heterocycles. The average molecular weight is 307 g/mol. The van der Waals surface area contributed by atoms with E-state index in [0.29, 0.717) is 0 Å². The van der Waals surface area contributed by atoms with Crippen LogP contribution in [0.3, 0.4) is 0 Å². The molecule has 0 aliphatic carbocycles. The van der Waals surface area contributed by atoms with Crippen LogP contribution in [0.1, 0.15) is 17.0 Å². The van der Waals surface area contributed by atoms with Gasteiger partial charge >= 0.3 is 5.97 Å². The molecule has 0 fully saturated rings. The molecule has 6 heteroatoms. The number of carbonyl (C=O) groups is 1. The largest absolute Gasteiger partial charge is 0.480 e. The monoisotopic (exact) mass is 307 g/mol. The highest BCUT2D eigenvalue weighted by Crippen LogP contribution is 2.31. The number of carboxylic acid groups (broad SMARTS) is 1. The van der Waals surface area contributed by atoms with Gasteiger partial charge in [0.05, 0.1) is 0 Å². The first-order valence-corrected chi connectivity index (χ1v) is 6.33. The van der Waals surface area contributed by atoms with Gasteiger partial charge in [0, 0.05) is 5.92 Å². The van der Waals surface area contributed by atoms with Crippen LogP contribution in [0.2, 0.25) is 0 Å². The average Bonchev–Trinajstić information content (AvgIpc) is 2.47. The zero-order chi connectivity index (χ0) is 16.3. The number of hydrogen-bond donors (Lipinski definition) is 1. The maximum atomic E-state index is 13.5. The van der Waals surface area contributed by atoms with Crippen LogP contribution in [0.15, 0.2) is 47.5 Å². The molecule has 114 valence electrons. The minimum Gasteiger partial charge on any atom is -0.480 e. The van der Waals surface area contributed by atoms with Gasteiger partial charge in [0.1, 0.15) is 5.82 Å². The van der Waals surface area contributed by atoms with Gasteiger partial charge in [0.15, 0.2) is 17.7 Å². The minimum atomic E-state index is -1.35. The zero-order valence-corrected chi connectivity index (χ0v) is 11.3. The van der Waals surface area contributed by atoms with Gasteiger partial charge in [-0.2, -0.15) is 0 Å². The lowest BCUT2D eigenvalue weighted by Crippen LogP contribution is -2.27. The van der Waals surface area contributed by atoms with Gasteiger partial charge in [0.2, 0.25) is 0 Å². The van der Waals surface area contributed by atoms with E-state index >= 15 is 0 Å². The van der Waals surface area contributed by atoms with Crippen molar-refractivity contribution in [3.8, 4) is 0 Å². The Morgan fingerprint density at radius 1 is 1.05 bits per heavy atom. The van der Waals surface area contributed by atoms with E-state index in [1.165, 1.54) is 24.3 Å². The van der Waals surface area contributed by atoms with Crippen LogP contribution in [-0.2, 0) is 4.79 Å². The maximum Gasteiger partial charge on any atom is 0.329 e. The van der Waals surface area contributed by atoms with Crippen molar-refractivity contribution >= 4 is 12.7 Å². The number of aliphatic carboxylic acids is 1. The van der Waals surface area contributed by atoms with Crippen molar-refractivity contribution in [1.82, 2.24) is 0 Å². The van der Waals surface area contributed by atoms with Crippen LogP contribution >= 0.6 is 0 Å². The van der Waals surface area contributed by atoms with Crippen LogP contribution in [0.5, 0.6) is 0 Å². The Labute approximate surface area is 124 Å². The van der Waals surface area contributed by atoms with Crippen molar-refractivity contribution in [2.45, 2.75) is 12.0 Å². The van der Waals surface area contributed by atoms with Crippen molar-refractivity contribution in [2.75, 3.05) is 0 Å². The van der Waals surface area contributed by atoms with Gasteiger partial charge in [-0.1, -0.05) is 18.2 Å². The summed E-state index contributed by atoms with van der Waals surface area (Å²) in [6, 6.07) is 6.89. The molecule has 0 saturated carbocycles. The molecular weight excluding hydrogens is 295 g/mol. The molecular formula is C16H12F3NO2. The van der Waals surface area contributed by atoms with E-state index in [1.54, 1.807) is 0 Å². The van der Waals surface area contributed by atoms with Crippen molar-refractivity contribution in [3.05, 3.63) is 71.0 Å². The summed E-state index contributed by atoms with van der Waals surface area (Å²) in [5.74, 6) is -5.03. The molecule has 1 N–H and O–H groups in total. The second kappa shape index (κ2) is 6.43. The van der Waals surface area contributed by atoms with Crippen LogP contribution in [-0.4, -0.2) is 23.8 Å². The number of aliphatic imine (C=N–C) groups is 1. The van der Waals surface area contributed by atoms with Gasteiger partial charge in [-0.15, -0.1) is 0 Å². The number of halogens is 3. The van der Waals surface area contributed by atoms with Crippen LogP contribution < -0.4 is 0 Å². The standard InChI is InChI=1S/C16H12F3NO2/c1-20-15(16(21)22)14(9-3-2-4-11(17)7-9)10-5-6-12(18)13(19)8-10/h2-8,14-15H,1H2,(H,21,22)/t14-,15+/m1/s1. The molecule has 0 heterocycles. The summed E-state index contributed by atoms with van der Waals surface area (Å²) in [6.45, 7) is 3.22. The van der Waals surface area contributed by atoms with Crippen molar-refractivity contribution in [1.29, 1.82) is 0 Å². The molecule has 0 radical (unpaired) electrons. The Bertz CT molecular complexity index is 718. The smallest absolute Gasteiger partial charge is 0.329 e. The third-order valence-corrected chi connectivity index (χ3v) is 3.28. The summed E-state index contributed by atoms with van der Waals surface area (Å²) in [6.07, 6.45) is 0. The molecule has 22 heavy (non-hydrogen) atoms. The Kier molecular flexibility index (Phi) is 4.60. The molecule has 0 saturated heterocycles. The Morgan fingerprint density at radius 3 is 2.27 bits per heavy atom. The molecule has 0 bridgehead atoms. The fraction of sp³-hybridized carbons (Fsp3) is 0.125. The first kappa shape index (κ1) is 15.8. The quantitative estimate of drug-likeness (QED) is 0.861. The summed E-state index contributed by atoms with van der Waals surface area (Å²) >= 11 is 0. The predicted octanol–water partition coefficient (Wildman–Crippen LogP) is 3.39. The van der Waals surface area contributed by atoms with E-state index < -0.39 is 35.4 Å².